The van der Waals surface area contributed by atoms with E-state index in [-0.39, 0.29) is 11.9 Å². The predicted octanol–water partition coefficient (Wildman–Crippen LogP) is 5.44. The minimum Gasteiger partial charge on any atom is -0.496 e. The summed E-state index contributed by atoms with van der Waals surface area (Å²) in [5, 5.41) is 17.6. The van der Waals surface area contributed by atoms with E-state index in [4.69, 9.17) is 32.4 Å². The number of aryl methyl sites for hydroxylation is 1. The molecule has 1 heterocycles. The topological polar surface area (TPSA) is 96.6 Å². The average Bonchev–Trinajstić information content (AvgIpc) is 3.20. The van der Waals surface area contributed by atoms with Crippen LogP contribution in [0.5, 0.6) is 5.75 Å². The fourth-order valence-electron chi connectivity index (χ4n) is 3.73. The summed E-state index contributed by atoms with van der Waals surface area (Å²) in [6.07, 6.45) is 1.66. The number of benzene rings is 2. The molecule has 0 bridgehead atoms. The maximum absolute atomic E-state index is 13.0. The lowest BCUT2D eigenvalue weighted by Gasteiger charge is -2.29. The Labute approximate surface area is 209 Å². The molecule has 1 unspecified atom stereocenters. The van der Waals surface area contributed by atoms with Gasteiger partial charge in [-0.05, 0) is 50.6 Å². The van der Waals surface area contributed by atoms with E-state index in [1.165, 1.54) is 0 Å². The summed E-state index contributed by atoms with van der Waals surface area (Å²) in [5.41, 5.74) is 0.898. The van der Waals surface area contributed by atoms with E-state index in [9.17, 15) is 9.90 Å². The molecule has 1 aromatic heterocycles. The third kappa shape index (κ3) is 6.23. The van der Waals surface area contributed by atoms with Gasteiger partial charge < -0.3 is 24.9 Å². The number of nitrogens with zero attached hydrogens (tertiary/aromatic N) is 1. The van der Waals surface area contributed by atoms with Crippen LogP contribution in [0.25, 0.3) is 11.3 Å². The summed E-state index contributed by atoms with van der Waals surface area (Å²) in [5.74, 6) is 0.710. The summed E-state index contributed by atoms with van der Waals surface area (Å²) in [6.45, 7) is 7.24. The lowest BCUT2D eigenvalue weighted by molar-refractivity contribution is -0.127. The van der Waals surface area contributed by atoms with Gasteiger partial charge in [-0.3, -0.25) is 4.79 Å². The van der Waals surface area contributed by atoms with Gasteiger partial charge in [0.1, 0.15) is 5.75 Å². The quantitative estimate of drug-likeness (QED) is 0.358. The average molecular weight is 506 g/mol. The fourth-order valence-corrected chi connectivity index (χ4v) is 4.04. The Morgan fingerprint density at radius 2 is 1.94 bits per heavy atom. The molecule has 0 aliphatic carbocycles. The molecule has 0 aliphatic rings. The molecule has 0 spiro atoms. The van der Waals surface area contributed by atoms with Crippen LogP contribution in [0, 0.1) is 6.92 Å². The standard InChI is InChI=1S/C25H29Cl2N3O4/c1-14(30-17-7-8-18(21(11-17)33-5)22-13-28-15(2)34-22)12-29-24(31)23(25(3,4)32)16-6-9-19(26)20(27)10-16/h6-11,13-14,23,30,32H,12H2,1-5H3,(H,29,31)/t14-,23?/m0/s1. The zero-order chi connectivity index (χ0) is 25.0. The van der Waals surface area contributed by atoms with Gasteiger partial charge in [0.25, 0.3) is 0 Å². The number of carbonyl (C=O) groups is 1. The highest BCUT2D eigenvalue weighted by atomic mass is 35.5. The molecule has 3 N–H and O–H groups in total. The molecule has 0 aliphatic heterocycles. The first-order valence-corrected chi connectivity index (χ1v) is 11.6. The van der Waals surface area contributed by atoms with E-state index in [2.05, 4.69) is 15.6 Å². The van der Waals surface area contributed by atoms with Gasteiger partial charge in [-0.15, -0.1) is 0 Å². The number of halogens is 2. The van der Waals surface area contributed by atoms with Crippen molar-refractivity contribution in [2.45, 2.75) is 45.3 Å². The van der Waals surface area contributed by atoms with Crippen LogP contribution in [0.2, 0.25) is 10.0 Å². The normalized spacial score (nSPS) is 13.3. The van der Waals surface area contributed by atoms with Crippen molar-refractivity contribution in [3.63, 3.8) is 0 Å². The van der Waals surface area contributed by atoms with Crippen molar-refractivity contribution in [2.24, 2.45) is 0 Å². The molecule has 3 aromatic rings. The summed E-state index contributed by atoms with van der Waals surface area (Å²) in [4.78, 5) is 17.2. The van der Waals surface area contributed by atoms with Gasteiger partial charge in [-0.1, -0.05) is 29.3 Å². The van der Waals surface area contributed by atoms with Gasteiger partial charge in [0.15, 0.2) is 11.7 Å². The minimum atomic E-state index is -1.31. The Hall–Kier alpha value is -2.74. The van der Waals surface area contributed by atoms with Crippen LogP contribution in [0.3, 0.4) is 0 Å². The molecule has 9 heteroatoms. The maximum Gasteiger partial charge on any atom is 0.230 e. The second-order valence-corrected chi connectivity index (χ2v) is 9.52. The van der Waals surface area contributed by atoms with Crippen LogP contribution in [0.1, 0.15) is 38.1 Å². The number of nitrogens with one attached hydrogen (secondary N) is 2. The van der Waals surface area contributed by atoms with Crippen molar-refractivity contribution >= 4 is 34.8 Å². The van der Waals surface area contributed by atoms with Crippen LogP contribution >= 0.6 is 23.2 Å². The number of aromatic nitrogens is 1. The molecule has 0 saturated carbocycles. The van der Waals surface area contributed by atoms with Crippen molar-refractivity contribution in [3.8, 4) is 17.1 Å². The van der Waals surface area contributed by atoms with E-state index in [0.29, 0.717) is 39.6 Å². The Balaban J connectivity index is 1.67. The van der Waals surface area contributed by atoms with E-state index in [0.717, 1.165) is 11.3 Å². The molecule has 0 saturated heterocycles. The lowest BCUT2D eigenvalue weighted by atomic mass is 9.84. The van der Waals surface area contributed by atoms with E-state index >= 15 is 0 Å². The molecular weight excluding hydrogens is 477 g/mol. The van der Waals surface area contributed by atoms with Crippen molar-refractivity contribution in [3.05, 3.63) is 64.1 Å². The molecule has 0 fully saturated rings. The number of rotatable bonds is 9. The number of ether oxygens (including phenoxy) is 1. The second kappa shape index (κ2) is 10.7. The van der Waals surface area contributed by atoms with Crippen molar-refractivity contribution in [2.75, 3.05) is 19.0 Å². The molecule has 0 radical (unpaired) electrons. The molecule has 34 heavy (non-hydrogen) atoms. The fraction of sp³-hybridized carbons (Fsp3) is 0.360. The molecule has 2 aromatic carbocycles. The predicted molar refractivity (Wildman–Crippen MR) is 135 cm³/mol. The molecule has 3 rings (SSSR count). The highest BCUT2D eigenvalue weighted by molar-refractivity contribution is 6.42. The largest absolute Gasteiger partial charge is 0.496 e. The van der Waals surface area contributed by atoms with Crippen molar-refractivity contribution in [1.29, 1.82) is 0 Å². The first-order valence-electron chi connectivity index (χ1n) is 10.8. The maximum atomic E-state index is 13.0. The lowest BCUT2D eigenvalue weighted by Crippen LogP contribution is -2.44. The zero-order valence-corrected chi connectivity index (χ0v) is 21.3. The summed E-state index contributed by atoms with van der Waals surface area (Å²) in [7, 11) is 1.59. The van der Waals surface area contributed by atoms with E-state index in [1.807, 2.05) is 25.1 Å². The van der Waals surface area contributed by atoms with E-state index in [1.54, 1.807) is 52.3 Å². The molecule has 1 amide bonds. The Bertz CT molecular complexity index is 1160. The summed E-state index contributed by atoms with van der Waals surface area (Å²) < 4.78 is 11.1. The second-order valence-electron chi connectivity index (χ2n) is 8.71. The molecular formula is C25H29Cl2N3O4. The van der Waals surface area contributed by atoms with Crippen LogP contribution in [-0.2, 0) is 4.79 Å². The smallest absolute Gasteiger partial charge is 0.230 e. The van der Waals surface area contributed by atoms with Crippen LogP contribution in [0.4, 0.5) is 5.69 Å². The van der Waals surface area contributed by atoms with Crippen LogP contribution < -0.4 is 15.4 Å². The molecule has 182 valence electrons. The van der Waals surface area contributed by atoms with Gasteiger partial charge >= 0.3 is 0 Å². The number of aliphatic hydroxyl groups is 1. The number of amides is 1. The van der Waals surface area contributed by atoms with Crippen molar-refractivity contribution < 1.29 is 19.1 Å². The Kier molecular flexibility index (Phi) is 8.13. The van der Waals surface area contributed by atoms with Crippen LogP contribution in [-0.4, -0.2) is 41.3 Å². The number of oxazole rings is 1. The zero-order valence-electron chi connectivity index (χ0n) is 19.8. The highest BCUT2D eigenvalue weighted by Gasteiger charge is 2.35. The van der Waals surface area contributed by atoms with E-state index < -0.39 is 11.5 Å². The van der Waals surface area contributed by atoms with Crippen LogP contribution in [0.15, 0.2) is 47.0 Å². The van der Waals surface area contributed by atoms with Gasteiger partial charge in [0.2, 0.25) is 5.91 Å². The first kappa shape index (κ1) is 25.9. The molecule has 7 nitrogen and oxygen atoms in total. The first-order chi connectivity index (χ1) is 16.0. The third-order valence-electron chi connectivity index (χ3n) is 5.33. The monoisotopic (exact) mass is 505 g/mol. The Morgan fingerprint density at radius 1 is 1.21 bits per heavy atom. The number of methoxy groups -OCH3 is 1. The number of carbonyl (C=O) groups excluding carboxylic acids is 1. The summed E-state index contributed by atoms with van der Waals surface area (Å²) >= 11 is 12.1. The highest BCUT2D eigenvalue weighted by Crippen LogP contribution is 2.34. The van der Waals surface area contributed by atoms with Gasteiger partial charge in [-0.2, -0.15) is 0 Å². The number of anilines is 1. The number of hydrogen-bond donors (Lipinski definition) is 3. The van der Waals surface area contributed by atoms with Gasteiger partial charge in [0.05, 0.1) is 40.4 Å². The van der Waals surface area contributed by atoms with Gasteiger partial charge in [0, 0.05) is 31.3 Å². The Morgan fingerprint density at radius 3 is 2.53 bits per heavy atom. The number of hydrogen-bond acceptors (Lipinski definition) is 6. The van der Waals surface area contributed by atoms with Crippen molar-refractivity contribution in [1.82, 2.24) is 10.3 Å². The molecule has 2 atom stereocenters. The van der Waals surface area contributed by atoms with Gasteiger partial charge in [-0.25, -0.2) is 4.98 Å². The third-order valence-corrected chi connectivity index (χ3v) is 6.07. The minimum absolute atomic E-state index is 0.108. The SMILES string of the molecule is COc1cc(N[C@@H](C)CNC(=O)C(c2ccc(Cl)c(Cl)c2)C(C)(C)O)ccc1-c1cnc(C)o1. The summed E-state index contributed by atoms with van der Waals surface area (Å²) in [6, 6.07) is 10.5.